The van der Waals surface area contributed by atoms with E-state index < -0.39 is 10.0 Å². The molecule has 42 heavy (non-hydrogen) atoms. The fourth-order valence-corrected chi connectivity index (χ4v) is 6.14. The number of sulfonamides is 1. The molecule has 0 saturated carbocycles. The smallest absolute Gasteiger partial charge is 0.240 e. The van der Waals surface area contributed by atoms with Crippen LogP contribution >= 0.6 is 0 Å². The van der Waals surface area contributed by atoms with E-state index >= 15 is 0 Å². The Morgan fingerprint density at radius 1 is 0.952 bits per heavy atom. The highest BCUT2D eigenvalue weighted by Gasteiger charge is 2.22. The van der Waals surface area contributed by atoms with Gasteiger partial charge in [-0.3, -0.25) is 4.98 Å². The average molecular weight is 581 g/mol. The van der Waals surface area contributed by atoms with Crippen molar-refractivity contribution >= 4 is 38.0 Å². The summed E-state index contributed by atoms with van der Waals surface area (Å²) in [5, 5.41) is 11.7. The number of piperazine rings is 1. The zero-order valence-electron chi connectivity index (χ0n) is 23.2. The fourth-order valence-electron chi connectivity index (χ4n) is 5.11. The van der Waals surface area contributed by atoms with E-state index in [1.54, 1.807) is 30.5 Å². The average Bonchev–Trinajstić information content (AvgIpc) is 3.35. The first-order valence-electron chi connectivity index (χ1n) is 13.8. The monoisotopic (exact) mass is 580 g/mol. The molecule has 3 aromatic carbocycles. The number of H-pyrrole nitrogens is 1. The van der Waals surface area contributed by atoms with Gasteiger partial charge in [0, 0.05) is 54.5 Å². The van der Waals surface area contributed by atoms with E-state index in [-0.39, 0.29) is 17.3 Å². The molecule has 0 amide bonds. The summed E-state index contributed by atoms with van der Waals surface area (Å²) in [7, 11) is -1.72. The van der Waals surface area contributed by atoms with Crippen molar-refractivity contribution in [1.29, 1.82) is 0 Å². The molecule has 10 heteroatoms. The topological polar surface area (TPSA) is 114 Å². The van der Waals surface area contributed by atoms with Gasteiger partial charge in [0.15, 0.2) is 5.88 Å². The lowest BCUT2D eigenvalue weighted by Crippen LogP contribution is -2.44. The highest BCUT2D eigenvalue weighted by atomic mass is 32.2. The Labute approximate surface area is 245 Å². The summed E-state index contributed by atoms with van der Waals surface area (Å²) in [6, 6.07) is 27.7. The molecular weight excluding hydrogens is 548 g/mol. The van der Waals surface area contributed by atoms with Gasteiger partial charge < -0.3 is 19.9 Å². The van der Waals surface area contributed by atoms with Crippen molar-refractivity contribution in [2.24, 2.45) is 4.99 Å². The summed E-state index contributed by atoms with van der Waals surface area (Å²) >= 11 is 0. The van der Waals surface area contributed by atoms with Gasteiger partial charge in [0.05, 0.1) is 34.1 Å². The van der Waals surface area contributed by atoms with Crippen molar-refractivity contribution in [3.05, 3.63) is 114 Å². The van der Waals surface area contributed by atoms with E-state index in [1.807, 2.05) is 48.5 Å². The van der Waals surface area contributed by atoms with E-state index in [0.717, 1.165) is 43.1 Å². The summed E-state index contributed by atoms with van der Waals surface area (Å²) in [4.78, 5) is 16.9. The number of nitrogens with one attached hydrogen (secondary N) is 2. The Bertz CT molecular complexity index is 1810. The lowest BCUT2D eigenvalue weighted by molar-refractivity contribution is 0.313. The number of hydrogen-bond donors (Lipinski definition) is 3. The van der Waals surface area contributed by atoms with Crippen LogP contribution in [0.15, 0.2) is 107 Å². The third-order valence-corrected chi connectivity index (χ3v) is 8.87. The van der Waals surface area contributed by atoms with E-state index in [2.05, 4.69) is 43.7 Å². The SMILES string of the molecule is CN1CCN(c2ccc(N=C(c3ccccc3)c3c(O)[nH]c4ccc(S(=O)(=O)NCc5ccccn5)cc34)cc2)CC1. The fraction of sp³-hybridized carbons (Fsp3) is 0.188. The van der Waals surface area contributed by atoms with Crippen molar-refractivity contribution in [1.82, 2.24) is 19.6 Å². The molecule has 0 radical (unpaired) electrons. The van der Waals surface area contributed by atoms with E-state index in [0.29, 0.717) is 27.9 Å². The lowest BCUT2D eigenvalue weighted by Gasteiger charge is -2.34. The Morgan fingerprint density at radius 3 is 2.40 bits per heavy atom. The van der Waals surface area contributed by atoms with Gasteiger partial charge in [-0.2, -0.15) is 0 Å². The van der Waals surface area contributed by atoms with Crippen LogP contribution in [0.25, 0.3) is 10.9 Å². The molecule has 6 rings (SSSR count). The minimum atomic E-state index is -3.86. The predicted molar refractivity (Wildman–Crippen MR) is 166 cm³/mol. The second-order valence-electron chi connectivity index (χ2n) is 10.3. The van der Waals surface area contributed by atoms with Gasteiger partial charge in [-0.15, -0.1) is 0 Å². The van der Waals surface area contributed by atoms with Gasteiger partial charge in [0.1, 0.15) is 0 Å². The minimum absolute atomic E-state index is 0.0628. The Balaban J connectivity index is 1.38. The van der Waals surface area contributed by atoms with Crippen molar-refractivity contribution < 1.29 is 13.5 Å². The molecule has 0 atom stereocenters. The maximum atomic E-state index is 13.2. The number of rotatable bonds is 8. The van der Waals surface area contributed by atoms with Crippen LogP contribution in [0, 0.1) is 0 Å². The molecule has 214 valence electrons. The molecule has 5 aromatic rings. The minimum Gasteiger partial charge on any atom is -0.494 e. The summed E-state index contributed by atoms with van der Waals surface area (Å²) in [5.74, 6) is -0.0855. The van der Waals surface area contributed by atoms with E-state index in [1.165, 1.54) is 6.07 Å². The van der Waals surface area contributed by atoms with Gasteiger partial charge in [-0.1, -0.05) is 36.4 Å². The number of aromatic hydroxyl groups is 1. The van der Waals surface area contributed by atoms with Crippen LogP contribution < -0.4 is 9.62 Å². The Morgan fingerprint density at radius 2 is 1.69 bits per heavy atom. The van der Waals surface area contributed by atoms with Crippen molar-refractivity contribution in [3.8, 4) is 5.88 Å². The molecule has 0 aliphatic carbocycles. The maximum absolute atomic E-state index is 13.2. The highest BCUT2D eigenvalue weighted by molar-refractivity contribution is 7.89. The number of benzene rings is 3. The number of anilines is 1. The molecule has 2 aromatic heterocycles. The van der Waals surface area contributed by atoms with Gasteiger partial charge in [-0.25, -0.2) is 18.1 Å². The number of fused-ring (bicyclic) bond motifs is 1. The van der Waals surface area contributed by atoms with Crippen molar-refractivity contribution in [2.45, 2.75) is 11.4 Å². The normalized spacial score (nSPS) is 14.9. The van der Waals surface area contributed by atoms with Crippen LogP contribution in [0.3, 0.4) is 0 Å². The quantitative estimate of drug-likeness (QED) is 0.230. The molecule has 1 aliphatic rings. The number of aromatic nitrogens is 2. The number of aromatic amines is 1. The second kappa shape index (κ2) is 11.8. The molecule has 9 nitrogen and oxygen atoms in total. The van der Waals surface area contributed by atoms with Crippen molar-refractivity contribution in [3.63, 3.8) is 0 Å². The first-order chi connectivity index (χ1) is 20.4. The summed E-state index contributed by atoms with van der Waals surface area (Å²) in [6.07, 6.45) is 1.62. The molecule has 0 bridgehead atoms. The van der Waals surface area contributed by atoms with Crippen LogP contribution in [-0.4, -0.2) is 67.3 Å². The zero-order chi connectivity index (χ0) is 29.1. The van der Waals surface area contributed by atoms with Gasteiger partial charge >= 0.3 is 0 Å². The number of pyridine rings is 1. The number of aliphatic imine (C=N–C) groups is 1. The number of nitrogens with zero attached hydrogens (tertiary/aromatic N) is 4. The zero-order valence-corrected chi connectivity index (χ0v) is 24.1. The first kappa shape index (κ1) is 27.6. The molecular formula is C32H32N6O3S. The Hall–Kier alpha value is -4.51. The number of hydrogen-bond acceptors (Lipinski definition) is 7. The van der Waals surface area contributed by atoms with Crippen LogP contribution in [-0.2, 0) is 16.6 Å². The third kappa shape index (κ3) is 5.91. The first-order valence-corrected chi connectivity index (χ1v) is 15.3. The third-order valence-electron chi connectivity index (χ3n) is 7.47. The highest BCUT2D eigenvalue weighted by Crippen LogP contribution is 2.33. The molecule has 1 fully saturated rings. The van der Waals surface area contributed by atoms with Crippen LogP contribution in [0.4, 0.5) is 11.4 Å². The van der Waals surface area contributed by atoms with Gasteiger partial charge in [0.2, 0.25) is 10.0 Å². The van der Waals surface area contributed by atoms with Crippen LogP contribution in [0.2, 0.25) is 0 Å². The molecule has 3 heterocycles. The summed E-state index contributed by atoms with van der Waals surface area (Å²) < 4.78 is 29.1. The predicted octanol–water partition coefficient (Wildman–Crippen LogP) is 4.67. The second-order valence-corrected chi connectivity index (χ2v) is 12.1. The molecule has 1 aliphatic heterocycles. The summed E-state index contributed by atoms with van der Waals surface area (Å²) in [5.41, 5.74) is 4.83. The Kier molecular flexibility index (Phi) is 7.75. The van der Waals surface area contributed by atoms with Crippen LogP contribution in [0.1, 0.15) is 16.8 Å². The van der Waals surface area contributed by atoms with Crippen LogP contribution in [0.5, 0.6) is 5.88 Å². The van der Waals surface area contributed by atoms with Crippen molar-refractivity contribution in [2.75, 3.05) is 38.1 Å². The molecule has 0 spiro atoms. The molecule has 0 unspecified atom stereocenters. The summed E-state index contributed by atoms with van der Waals surface area (Å²) in [6.45, 7) is 4.05. The van der Waals surface area contributed by atoms with E-state index in [9.17, 15) is 13.5 Å². The maximum Gasteiger partial charge on any atom is 0.240 e. The molecule has 1 saturated heterocycles. The van der Waals surface area contributed by atoms with Gasteiger partial charge in [-0.05, 0) is 61.6 Å². The van der Waals surface area contributed by atoms with E-state index in [4.69, 9.17) is 4.99 Å². The molecule has 3 N–H and O–H groups in total. The standard InChI is InChI=1S/C32H32N6O3S/c1-37-17-19-38(20-18-37)26-12-10-24(11-13-26)35-31(23-7-3-2-4-8-23)30-28-21-27(14-15-29(28)36-32(30)39)42(40,41)34-22-25-9-5-6-16-33-25/h2-16,21,34,36,39H,17-20,22H2,1H3. The van der Waals surface area contributed by atoms with Gasteiger partial charge in [0.25, 0.3) is 0 Å². The lowest BCUT2D eigenvalue weighted by atomic mass is 10.0. The number of likely N-dealkylation sites (N-methyl/N-ethyl adjacent to an activating group) is 1. The largest absolute Gasteiger partial charge is 0.494 e.